The van der Waals surface area contributed by atoms with Crippen LogP contribution in [0.4, 0.5) is 13.2 Å². The number of aliphatic hydroxyl groups excluding tert-OH is 1. The number of sulfonamides is 1. The number of hydrogen-bond acceptors (Lipinski definition) is 4. The maximum Gasteiger partial charge on any atom is 0.389 e. The highest BCUT2D eigenvalue weighted by Crippen LogP contribution is 2.21. The van der Waals surface area contributed by atoms with Gasteiger partial charge in [-0.15, -0.1) is 0 Å². The van der Waals surface area contributed by atoms with E-state index < -0.39 is 52.9 Å². The first-order valence-electron chi connectivity index (χ1n) is 4.92. The fourth-order valence-electron chi connectivity index (χ4n) is 1.07. The summed E-state index contributed by atoms with van der Waals surface area (Å²) in [5, 5.41) is 17.6. The van der Waals surface area contributed by atoms with E-state index in [-0.39, 0.29) is 0 Å². The molecule has 0 aromatic heterocycles. The first-order valence-corrected chi connectivity index (χ1v) is 6.57. The van der Waals surface area contributed by atoms with Gasteiger partial charge in [0.15, 0.2) is 0 Å². The van der Waals surface area contributed by atoms with Crippen molar-refractivity contribution in [1.29, 1.82) is 0 Å². The molecule has 0 aliphatic rings. The van der Waals surface area contributed by atoms with Crippen molar-refractivity contribution in [3.63, 3.8) is 0 Å². The van der Waals surface area contributed by atoms with Crippen LogP contribution < -0.4 is 4.72 Å². The molecule has 0 aliphatic heterocycles. The van der Waals surface area contributed by atoms with Gasteiger partial charge in [-0.25, -0.2) is 8.42 Å². The third kappa shape index (κ3) is 7.45. The standard InChI is InChI=1S/C8H14F3NO5S/c1-5(13)6(7(14)15)12-18(16,17)4-2-3-8(9,10)11/h5-6,12-13H,2-4H2,1H3,(H,14,15). The van der Waals surface area contributed by atoms with Crippen molar-refractivity contribution in [3.8, 4) is 0 Å². The normalized spacial score (nSPS) is 16.3. The van der Waals surface area contributed by atoms with Gasteiger partial charge < -0.3 is 10.2 Å². The van der Waals surface area contributed by atoms with Crippen LogP contribution in [-0.2, 0) is 14.8 Å². The van der Waals surface area contributed by atoms with Crippen molar-refractivity contribution in [2.75, 3.05) is 5.75 Å². The Morgan fingerprint density at radius 2 is 1.89 bits per heavy atom. The third-order valence-electron chi connectivity index (χ3n) is 1.93. The molecule has 0 amide bonds. The second-order valence-corrected chi connectivity index (χ2v) is 5.59. The van der Waals surface area contributed by atoms with Crippen LogP contribution in [0.1, 0.15) is 19.8 Å². The highest BCUT2D eigenvalue weighted by Gasteiger charge is 2.30. The minimum absolute atomic E-state index is 0.676. The summed E-state index contributed by atoms with van der Waals surface area (Å²) in [4.78, 5) is 10.6. The SMILES string of the molecule is CC(O)C(NS(=O)(=O)CCCC(F)(F)F)C(=O)O. The summed E-state index contributed by atoms with van der Waals surface area (Å²) in [6, 6.07) is -1.78. The van der Waals surface area contributed by atoms with E-state index in [9.17, 15) is 26.4 Å². The summed E-state index contributed by atoms with van der Waals surface area (Å²) < 4.78 is 59.6. The first kappa shape index (κ1) is 17.1. The molecular weight excluding hydrogens is 279 g/mol. The van der Waals surface area contributed by atoms with Crippen LogP contribution in [0.15, 0.2) is 0 Å². The van der Waals surface area contributed by atoms with Gasteiger partial charge in [0.1, 0.15) is 6.04 Å². The fraction of sp³-hybridized carbons (Fsp3) is 0.875. The molecule has 0 rings (SSSR count). The molecular formula is C8H14F3NO5S. The number of carbonyl (C=O) groups is 1. The van der Waals surface area contributed by atoms with Gasteiger partial charge in [0, 0.05) is 6.42 Å². The zero-order valence-corrected chi connectivity index (χ0v) is 10.3. The highest BCUT2D eigenvalue weighted by molar-refractivity contribution is 7.89. The molecule has 18 heavy (non-hydrogen) atoms. The van der Waals surface area contributed by atoms with E-state index in [0.717, 1.165) is 6.92 Å². The lowest BCUT2D eigenvalue weighted by atomic mass is 10.2. The fourth-order valence-corrected chi connectivity index (χ4v) is 2.40. The lowest BCUT2D eigenvalue weighted by Gasteiger charge is -2.17. The van der Waals surface area contributed by atoms with Gasteiger partial charge in [-0.1, -0.05) is 0 Å². The van der Waals surface area contributed by atoms with Crippen LogP contribution in [0.3, 0.4) is 0 Å². The second-order valence-electron chi connectivity index (χ2n) is 3.71. The largest absolute Gasteiger partial charge is 0.480 e. The lowest BCUT2D eigenvalue weighted by molar-refractivity contribution is -0.141. The minimum atomic E-state index is -4.47. The Labute approximate surface area is 102 Å². The Kier molecular flexibility index (Phi) is 6.04. The zero-order valence-electron chi connectivity index (χ0n) is 9.44. The summed E-state index contributed by atoms with van der Waals surface area (Å²) in [5.74, 6) is -2.47. The third-order valence-corrected chi connectivity index (χ3v) is 3.37. The van der Waals surface area contributed by atoms with Gasteiger partial charge in [0.2, 0.25) is 10.0 Å². The number of aliphatic carboxylic acids is 1. The summed E-state index contributed by atoms with van der Waals surface area (Å²) in [5.41, 5.74) is 0. The predicted molar refractivity (Wildman–Crippen MR) is 55.3 cm³/mol. The molecule has 0 aromatic carbocycles. The van der Waals surface area contributed by atoms with Crippen LogP contribution in [0, 0.1) is 0 Å². The second kappa shape index (κ2) is 6.34. The molecule has 0 spiro atoms. The molecule has 2 unspecified atom stereocenters. The Morgan fingerprint density at radius 3 is 2.22 bits per heavy atom. The molecule has 0 radical (unpaired) electrons. The van der Waals surface area contributed by atoms with Crippen molar-refractivity contribution in [3.05, 3.63) is 0 Å². The van der Waals surface area contributed by atoms with Crippen molar-refractivity contribution < 1.29 is 36.6 Å². The van der Waals surface area contributed by atoms with Crippen LogP contribution in [0.5, 0.6) is 0 Å². The topological polar surface area (TPSA) is 104 Å². The lowest BCUT2D eigenvalue weighted by Crippen LogP contribution is -2.48. The number of hydrogen-bond donors (Lipinski definition) is 3. The number of alkyl halides is 3. The van der Waals surface area contributed by atoms with Crippen LogP contribution in [-0.4, -0.2) is 48.7 Å². The molecule has 10 heteroatoms. The van der Waals surface area contributed by atoms with E-state index in [4.69, 9.17) is 10.2 Å². The molecule has 0 fully saturated rings. The maximum absolute atomic E-state index is 11.8. The number of nitrogens with one attached hydrogen (secondary N) is 1. The quantitative estimate of drug-likeness (QED) is 0.617. The molecule has 3 N–H and O–H groups in total. The van der Waals surface area contributed by atoms with Crippen molar-refractivity contribution in [2.24, 2.45) is 0 Å². The molecule has 0 bridgehead atoms. The van der Waals surface area contributed by atoms with Gasteiger partial charge in [-0.3, -0.25) is 4.79 Å². The number of carboxylic acid groups (broad SMARTS) is 1. The van der Waals surface area contributed by atoms with E-state index in [1.54, 1.807) is 4.72 Å². The summed E-state index contributed by atoms with van der Waals surface area (Å²) >= 11 is 0. The van der Waals surface area contributed by atoms with Crippen molar-refractivity contribution in [2.45, 2.75) is 38.1 Å². The first-order chi connectivity index (χ1) is 7.94. The van der Waals surface area contributed by atoms with E-state index in [0.29, 0.717) is 0 Å². The number of halogens is 3. The summed E-state index contributed by atoms with van der Waals surface area (Å²) in [7, 11) is -4.18. The summed E-state index contributed by atoms with van der Waals surface area (Å²) in [6.45, 7) is 1.05. The van der Waals surface area contributed by atoms with Crippen molar-refractivity contribution in [1.82, 2.24) is 4.72 Å². The van der Waals surface area contributed by atoms with E-state index in [2.05, 4.69) is 0 Å². The molecule has 0 saturated heterocycles. The maximum atomic E-state index is 11.8. The van der Waals surface area contributed by atoms with E-state index in [1.165, 1.54) is 0 Å². The minimum Gasteiger partial charge on any atom is -0.480 e. The molecule has 2 atom stereocenters. The van der Waals surface area contributed by atoms with E-state index in [1.807, 2.05) is 0 Å². The zero-order chi connectivity index (χ0) is 14.6. The molecule has 108 valence electrons. The number of carboxylic acids is 1. The number of rotatable bonds is 7. The van der Waals surface area contributed by atoms with Gasteiger partial charge in [0.25, 0.3) is 0 Å². The Bertz CT molecular complexity index is 379. The predicted octanol–water partition coefficient (Wildman–Crippen LogP) is 0.0823. The molecule has 0 aromatic rings. The summed E-state index contributed by atoms with van der Waals surface area (Å²) in [6.07, 6.45) is -7.92. The Balaban J connectivity index is 4.43. The Morgan fingerprint density at radius 1 is 1.39 bits per heavy atom. The smallest absolute Gasteiger partial charge is 0.389 e. The van der Waals surface area contributed by atoms with Gasteiger partial charge >= 0.3 is 12.1 Å². The molecule has 0 saturated carbocycles. The number of aliphatic hydroxyl groups is 1. The molecule has 0 heterocycles. The van der Waals surface area contributed by atoms with Crippen LogP contribution >= 0.6 is 0 Å². The van der Waals surface area contributed by atoms with E-state index >= 15 is 0 Å². The Hall–Kier alpha value is -0.870. The van der Waals surface area contributed by atoms with Gasteiger partial charge in [-0.05, 0) is 13.3 Å². The van der Waals surface area contributed by atoms with Crippen LogP contribution in [0.2, 0.25) is 0 Å². The van der Waals surface area contributed by atoms with Crippen LogP contribution in [0.25, 0.3) is 0 Å². The van der Waals surface area contributed by atoms with Gasteiger partial charge in [0.05, 0.1) is 11.9 Å². The monoisotopic (exact) mass is 293 g/mol. The average Bonchev–Trinajstić information content (AvgIpc) is 2.10. The molecule has 0 aliphatic carbocycles. The molecule has 6 nitrogen and oxygen atoms in total. The average molecular weight is 293 g/mol. The highest BCUT2D eigenvalue weighted by atomic mass is 32.2. The van der Waals surface area contributed by atoms with Gasteiger partial charge in [-0.2, -0.15) is 17.9 Å². The van der Waals surface area contributed by atoms with Crippen molar-refractivity contribution >= 4 is 16.0 Å².